The molecule has 0 saturated carbocycles. The van der Waals surface area contributed by atoms with Gasteiger partial charge >= 0.3 is 5.63 Å². The van der Waals surface area contributed by atoms with Gasteiger partial charge in [-0.15, -0.1) is 0 Å². The van der Waals surface area contributed by atoms with E-state index < -0.39 is 0 Å². The maximum absolute atomic E-state index is 11.9. The van der Waals surface area contributed by atoms with E-state index in [1.54, 1.807) is 26.4 Å². The van der Waals surface area contributed by atoms with E-state index in [4.69, 9.17) is 13.6 Å². The summed E-state index contributed by atoms with van der Waals surface area (Å²) in [6, 6.07) is 11.6. The van der Waals surface area contributed by atoms with Crippen LogP contribution in [0.5, 0.6) is 5.75 Å². The zero-order chi connectivity index (χ0) is 16.8. The number of rotatable bonds is 2. The lowest BCUT2D eigenvalue weighted by Gasteiger charge is -2.05. The maximum atomic E-state index is 11.9. The average Bonchev–Trinajstić information content (AvgIpc) is 3.01. The molecule has 24 heavy (non-hydrogen) atoms. The van der Waals surface area contributed by atoms with Gasteiger partial charge in [0.25, 0.3) is 0 Å². The van der Waals surface area contributed by atoms with Crippen LogP contribution in [0.1, 0.15) is 11.1 Å². The Morgan fingerprint density at radius 1 is 0.958 bits per heavy atom. The Balaban J connectivity index is 2.03. The summed E-state index contributed by atoms with van der Waals surface area (Å²) in [4.78, 5) is 11.9. The Morgan fingerprint density at radius 2 is 1.79 bits per heavy atom. The molecule has 0 saturated heterocycles. The fourth-order valence-electron chi connectivity index (χ4n) is 2.98. The SMILES string of the molecule is COc1cccc(-c2coc3cc4oc(=O)c(C)c(C)c4cc23)c1. The second kappa shape index (κ2) is 5.27. The highest BCUT2D eigenvalue weighted by molar-refractivity contribution is 6.02. The first-order chi connectivity index (χ1) is 11.6. The van der Waals surface area contributed by atoms with E-state index in [9.17, 15) is 4.79 Å². The minimum absolute atomic E-state index is 0.307. The molecule has 0 aliphatic carbocycles. The molecule has 2 aromatic heterocycles. The highest BCUT2D eigenvalue weighted by Crippen LogP contribution is 2.35. The molecular formula is C20H16O4. The molecule has 2 heterocycles. The fraction of sp³-hybridized carbons (Fsp3) is 0.150. The minimum atomic E-state index is -0.307. The van der Waals surface area contributed by atoms with Gasteiger partial charge in [0, 0.05) is 28.0 Å². The van der Waals surface area contributed by atoms with Crippen LogP contribution in [0.2, 0.25) is 0 Å². The molecule has 120 valence electrons. The second-order valence-electron chi connectivity index (χ2n) is 5.87. The van der Waals surface area contributed by atoms with Crippen LogP contribution in [-0.4, -0.2) is 7.11 Å². The number of hydrogen-bond acceptors (Lipinski definition) is 4. The van der Waals surface area contributed by atoms with Crippen molar-refractivity contribution in [2.75, 3.05) is 7.11 Å². The molecule has 0 fully saturated rings. The number of aryl methyl sites for hydroxylation is 1. The van der Waals surface area contributed by atoms with Crippen molar-refractivity contribution in [2.24, 2.45) is 0 Å². The van der Waals surface area contributed by atoms with Gasteiger partial charge in [-0.1, -0.05) is 12.1 Å². The van der Waals surface area contributed by atoms with Gasteiger partial charge in [0.05, 0.1) is 13.4 Å². The predicted molar refractivity (Wildman–Crippen MR) is 93.7 cm³/mol. The van der Waals surface area contributed by atoms with Crippen molar-refractivity contribution in [3.05, 3.63) is 64.2 Å². The minimum Gasteiger partial charge on any atom is -0.497 e. The molecule has 0 unspecified atom stereocenters. The van der Waals surface area contributed by atoms with E-state index in [2.05, 4.69) is 0 Å². The molecular weight excluding hydrogens is 304 g/mol. The van der Waals surface area contributed by atoms with Gasteiger partial charge in [0.15, 0.2) is 0 Å². The van der Waals surface area contributed by atoms with Crippen LogP contribution >= 0.6 is 0 Å². The molecule has 0 spiro atoms. The third kappa shape index (κ3) is 2.11. The molecule has 0 N–H and O–H groups in total. The number of fused-ring (bicyclic) bond motifs is 2. The van der Waals surface area contributed by atoms with Crippen molar-refractivity contribution in [3.63, 3.8) is 0 Å². The molecule has 0 atom stereocenters. The first kappa shape index (κ1) is 14.6. The van der Waals surface area contributed by atoms with Crippen LogP contribution < -0.4 is 10.4 Å². The highest BCUT2D eigenvalue weighted by atomic mass is 16.5. The lowest BCUT2D eigenvalue weighted by atomic mass is 10.0. The summed E-state index contributed by atoms with van der Waals surface area (Å²) >= 11 is 0. The van der Waals surface area contributed by atoms with E-state index in [0.29, 0.717) is 16.7 Å². The summed E-state index contributed by atoms with van der Waals surface area (Å²) in [5, 5.41) is 1.90. The fourth-order valence-corrected chi connectivity index (χ4v) is 2.98. The summed E-state index contributed by atoms with van der Waals surface area (Å²) in [6.07, 6.45) is 1.72. The molecule has 4 rings (SSSR count). The third-order valence-corrected chi connectivity index (χ3v) is 4.53. The summed E-state index contributed by atoms with van der Waals surface area (Å²) < 4.78 is 16.4. The van der Waals surface area contributed by atoms with E-state index in [1.165, 1.54) is 0 Å². The molecule has 0 aliphatic rings. The van der Waals surface area contributed by atoms with Crippen LogP contribution in [0.4, 0.5) is 0 Å². The van der Waals surface area contributed by atoms with E-state index in [-0.39, 0.29) is 5.63 Å². The maximum Gasteiger partial charge on any atom is 0.339 e. The summed E-state index contributed by atoms with van der Waals surface area (Å²) in [7, 11) is 1.65. The normalized spacial score (nSPS) is 11.3. The zero-order valence-electron chi connectivity index (χ0n) is 13.7. The summed E-state index contributed by atoms with van der Waals surface area (Å²) in [5.41, 5.74) is 4.48. The Hall–Kier alpha value is -3.01. The Kier molecular flexibility index (Phi) is 3.20. The van der Waals surface area contributed by atoms with E-state index in [1.807, 2.05) is 37.3 Å². The molecule has 0 bridgehead atoms. The Morgan fingerprint density at radius 3 is 2.58 bits per heavy atom. The van der Waals surface area contributed by atoms with Gasteiger partial charge in [-0.25, -0.2) is 4.79 Å². The molecule has 2 aromatic carbocycles. The number of hydrogen-bond donors (Lipinski definition) is 0. The topological polar surface area (TPSA) is 52.6 Å². The van der Waals surface area contributed by atoms with Crippen molar-refractivity contribution in [2.45, 2.75) is 13.8 Å². The van der Waals surface area contributed by atoms with Crippen LogP contribution in [0.3, 0.4) is 0 Å². The number of methoxy groups -OCH3 is 1. The van der Waals surface area contributed by atoms with Gasteiger partial charge in [-0.3, -0.25) is 0 Å². The standard InChI is InChI=1S/C20H16O4/c1-11-12(2)20(21)24-19-9-18-16(8-15(11)19)17(10-23-18)13-5-4-6-14(7-13)22-3/h4-10H,1-3H3. The molecule has 4 nitrogen and oxygen atoms in total. The van der Waals surface area contributed by atoms with Crippen LogP contribution in [0.25, 0.3) is 33.1 Å². The van der Waals surface area contributed by atoms with Gasteiger partial charge in [-0.2, -0.15) is 0 Å². The molecule has 0 aliphatic heterocycles. The molecule has 0 amide bonds. The van der Waals surface area contributed by atoms with E-state index in [0.717, 1.165) is 33.2 Å². The van der Waals surface area contributed by atoms with Crippen molar-refractivity contribution in [1.82, 2.24) is 0 Å². The third-order valence-electron chi connectivity index (χ3n) is 4.53. The lowest BCUT2D eigenvalue weighted by Crippen LogP contribution is -2.05. The number of ether oxygens (including phenoxy) is 1. The lowest BCUT2D eigenvalue weighted by molar-refractivity contribution is 0.415. The van der Waals surface area contributed by atoms with Gasteiger partial charge in [0.1, 0.15) is 16.9 Å². The number of benzene rings is 2. The summed E-state index contributed by atoms with van der Waals surface area (Å²) in [6.45, 7) is 3.72. The smallest absolute Gasteiger partial charge is 0.339 e. The quantitative estimate of drug-likeness (QED) is 0.496. The van der Waals surface area contributed by atoms with Crippen LogP contribution in [-0.2, 0) is 0 Å². The largest absolute Gasteiger partial charge is 0.497 e. The second-order valence-corrected chi connectivity index (χ2v) is 5.87. The average molecular weight is 320 g/mol. The Bertz CT molecular complexity index is 1130. The van der Waals surface area contributed by atoms with Gasteiger partial charge in [0.2, 0.25) is 0 Å². The first-order valence-corrected chi connectivity index (χ1v) is 7.68. The summed E-state index contributed by atoms with van der Waals surface area (Å²) in [5.74, 6) is 0.792. The van der Waals surface area contributed by atoms with Crippen molar-refractivity contribution >= 4 is 21.9 Å². The van der Waals surface area contributed by atoms with Crippen molar-refractivity contribution in [1.29, 1.82) is 0 Å². The predicted octanol–water partition coefficient (Wildman–Crippen LogP) is 4.83. The van der Waals surface area contributed by atoms with Crippen LogP contribution in [0.15, 0.2) is 56.3 Å². The zero-order valence-corrected chi connectivity index (χ0v) is 13.7. The van der Waals surface area contributed by atoms with Crippen LogP contribution in [0, 0.1) is 13.8 Å². The van der Waals surface area contributed by atoms with Crippen molar-refractivity contribution < 1.29 is 13.6 Å². The highest BCUT2D eigenvalue weighted by Gasteiger charge is 2.14. The first-order valence-electron chi connectivity index (χ1n) is 7.68. The monoisotopic (exact) mass is 320 g/mol. The Labute approximate surface area is 138 Å². The molecule has 0 radical (unpaired) electrons. The van der Waals surface area contributed by atoms with Gasteiger partial charge in [-0.05, 0) is 43.2 Å². The van der Waals surface area contributed by atoms with E-state index >= 15 is 0 Å². The van der Waals surface area contributed by atoms with Gasteiger partial charge < -0.3 is 13.6 Å². The van der Waals surface area contributed by atoms with Crippen molar-refractivity contribution in [3.8, 4) is 16.9 Å². The number of furan rings is 1. The molecule has 4 aromatic rings. The molecule has 4 heteroatoms.